The zero-order valence-electron chi connectivity index (χ0n) is 24.0. The summed E-state index contributed by atoms with van der Waals surface area (Å²) in [6, 6.07) is 11.2. The molecule has 12 heteroatoms. The number of fused-ring (bicyclic) bond motifs is 1. The summed E-state index contributed by atoms with van der Waals surface area (Å²) in [6.07, 6.45) is 0.270. The van der Waals surface area contributed by atoms with Gasteiger partial charge in [0.15, 0.2) is 0 Å². The van der Waals surface area contributed by atoms with Gasteiger partial charge >= 0.3 is 6.18 Å². The monoisotopic (exact) mass is 622 g/mol. The lowest BCUT2D eigenvalue weighted by Crippen LogP contribution is -2.37. The summed E-state index contributed by atoms with van der Waals surface area (Å²) in [6.45, 7) is 4.82. The predicted molar refractivity (Wildman–Crippen MR) is 164 cm³/mol. The van der Waals surface area contributed by atoms with Crippen molar-refractivity contribution < 1.29 is 26.4 Å². The van der Waals surface area contributed by atoms with E-state index in [1.165, 1.54) is 40.7 Å². The molecule has 1 aliphatic heterocycles. The molecule has 2 aromatic carbocycles. The molecule has 8 nitrogen and oxygen atoms in total. The molecule has 0 radical (unpaired) electrons. The molecule has 1 aromatic heterocycles. The topological polar surface area (TPSA) is 103 Å². The predicted octanol–water partition coefficient (Wildman–Crippen LogP) is 6.17. The number of rotatable bonds is 11. The third kappa shape index (κ3) is 7.77. The van der Waals surface area contributed by atoms with Crippen molar-refractivity contribution in [3.8, 4) is 0 Å². The summed E-state index contributed by atoms with van der Waals surface area (Å²) < 4.78 is 68.0. The number of nitrogens with one attached hydrogen (secondary N) is 2. The lowest BCUT2D eigenvalue weighted by atomic mass is 10.1. The lowest BCUT2D eigenvalue weighted by Gasteiger charge is -2.31. The zero-order valence-corrected chi connectivity index (χ0v) is 24.8. The minimum absolute atomic E-state index is 0. The molecule has 3 aromatic rings. The van der Waals surface area contributed by atoms with Crippen LogP contribution in [0.1, 0.15) is 75.7 Å². The first-order valence-corrected chi connectivity index (χ1v) is 15.6. The van der Waals surface area contributed by atoms with E-state index in [0.717, 1.165) is 32.1 Å². The van der Waals surface area contributed by atoms with Gasteiger partial charge in [0.1, 0.15) is 0 Å². The van der Waals surface area contributed by atoms with E-state index in [-0.39, 0.29) is 41.2 Å². The van der Waals surface area contributed by atoms with Gasteiger partial charge in [-0.15, -0.1) is 0 Å². The maximum absolute atomic E-state index is 13.7. The Morgan fingerprint density at radius 3 is 2.44 bits per heavy atom. The second-order valence-corrected chi connectivity index (χ2v) is 12.9. The first-order valence-electron chi connectivity index (χ1n) is 14.2. The summed E-state index contributed by atoms with van der Waals surface area (Å²) in [5, 5.41) is 2.81. The molecular formula is C31H41F3N4O4S. The molecule has 0 spiro atoms. The van der Waals surface area contributed by atoms with Crippen LogP contribution < -0.4 is 15.8 Å². The van der Waals surface area contributed by atoms with Crippen LogP contribution in [0.25, 0.3) is 10.9 Å². The molecule has 0 bridgehead atoms. The van der Waals surface area contributed by atoms with Gasteiger partial charge in [-0.3, -0.25) is 9.59 Å². The normalized spacial score (nSPS) is 17.3. The number of H-pyrrole nitrogens is 1. The minimum atomic E-state index is -4.67. The number of hydrogen-bond acceptors (Lipinski definition) is 5. The molecule has 1 saturated heterocycles. The first kappa shape index (κ1) is 34.1. The summed E-state index contributed by atoms with van der Waals surface area (Å²) >= 11 is 0. The minimum Gasteiger partial charge on any atom is -0.366 e. The lowest BCUT2D eigenvalue weighted by molar-refractivity contribution is -0.136. The van der Waals surface area contributed by atoms with Crippen LogP contribution in [0.3, 0.4) is 0 Å². The van der Waals surface area contributed by atoms with Crippen molar-refractivity contribution in [1.29, 1.82) is 0 Å². The zero-order chi connectivity index (χ0) is 30.7. The number of anilines is 1. The first-order chi connectivity index (χ1) is 19.8. The number of halogens is 3. The summed E-state index contributed by atoms with van der Waals surface area (Å²) in [4.78, 5) is 29.2. The van der Waals surface area contributed by atoms with Gasteiger partial charge in [-0.05, 0) is 75.1 Å². The molecule has 2 atom stereocenters. The number of pyridine rings is 1. The third-order valence-corrected chi connectivity index (χ3v) is 9.75. The van der Waals surface area contributed by atoms with Crippen molar-refractivity contribution in [2.24, 2.45) is 0 Å². The maximum atomic E-state index is 13.7. The molecule has 1 amide bonds. The Labute approximate surface area is 251 Å². The number of unbranched alkanes of at least 4 members (excludes halogenated alkanes) is 2. The van der Waals surface area contributed by atoms with Crippen LogP contribution >= 0.6 is 0 Å². The fourth-order valence-electron chi connectivity index (χ4n) is 5.57. The molecular weight excluding hydrogens is 581 g/mol. The second kappa shape index (κ2) is 13.9. The number of nitrogens with zero attached hydrogens (tertiary/aromatic N) is 2. The molecule has 0 saturated carbocycles. The number of alkyl halides is 3. The SMILES string of the molecule is C.CCCCCN(C)S(=O)(=O)c1ccc(C(=O)NCC[C@H]2CC[C@@H](C)N2c2ccc3[nH]c(=O)cc(C(F)(F)F)c3c2)cc1. The van der Waals surface area contributed by atoms with Crippen LogP contribution in [-0.4, -0.2) is 55.8 Å². The fraction of sp³-hybridized carbons (Fsp3) is 0.484. The molecule has 4 rings (SSSR count). The Hall–Kier alpha value is -3.38. The van der Waals surface area contributed by atoms with E-state index in [4.69, 9.17) is 0 Å². The number of sulfonamides is 1. The number of aromatic amines is 1. The highest BCUT2D eigenvalue weighted by atomic mass is 32.2. The second-order valence-electron chi connectivity index (χ2n) is 10.9. The number of amides is 1. The number of carbonyl (C=O) groups excluding carboxylic acids is 1. The Balaban J connectivity index is 0.00000506. The van der Waals surface area contributed by atoms with Crippen LogP contribution in [0.4, 0.5) is 18.9 Å². The van der Waals surface area contributed by atoms with Crippen molar-refractivity contribution in [3.05, 3.63) is 70.0 Å². The molecule has 2 N–H and O–H groups in total. The van der Waals surface area contributed by atoms with E-state index in [1.54, 1.807) is 13.1 Å². The highest BCUT2D eigenvalue weighted by molar-refractivity contribution is 7.89. The van der Waals surface area contributed by atoms with E-state index in [1.807, 2.05) is 13.8 Å². The van der Waals surface area contributed by atoms with Crippen molar-refractivity contribution in [1.82, 2.24) is 14.6 Å². The molecule has 2 heterocycles. The Kier molecular flexibility index (Phi) is 11.1. The highest BCUT2D eigenvalue weighted by Crippen LogP contribution is 2.37. The molecule has 43 heavy (non-hydrogen) atoms. The van der Waals surface area contributed by atoms with Gasteiger partial charge in [-0.2, -0.15) is 13.2 Å². The van der Waals surface area contributed by atoms with Crippen LogP contribution in [0.2, 0.25) is 0 Å². The Morgan fingerprint density at radius 1 is 1.09 bits per heavy atom. The smallest absolute Gasteiger partial charge is 0.366 e. The number of carbonyl (C=O) groups is 1. The van der Waals surface area contributed by atoms with E-state index in [9.17, 15) is 31.2 Å². The van der Waals surface area contributed by atoms with Gasteiger partial charge in [0, 0.05) is 60.4 Å². The van der Waals surface area contributed by atoms with E-state index >= 15 is 0 Å². The average molecular weight is 623 g/mol. The van der Waals surface area contributed by atoms with Gasteiger partial charge in [-0.25, -0.2) is 12.7 Å². The average Bonchev–Trinajstić information content (AvgIpc) is 3.31. The van der Waals surface area contributed by atoms with Gasteiger partial charge in [0.05, 0.1) is 10.5 Å². The largest absolute Gasteiger partial charge is 0.417 e. The molecule has 236 valence electrons. The van der Waals surface area contributed by atoms with E-state index in [0.29, 0.717) is 36.8 Å². The Morgan fingerprint density at radius 2 is 1.79 bits per heavy atom. The fourth-order valence-corrected chi connectivity index (χ4v) is 6.78. The number of hydrogen-bond donors (Lipinski definition) is 2. The van der Waals surface area contributed by atoms with E-state index < -0.39 is 27.3 Å². The standard InChI is InChI=1S/C30H37F3N4O4S.CH4/c1-4-5-6-17-36(3)42(40,41)24-12-8-21(9-13-24)29(39)34-16-15-22-10-7-20(2)37(22)23-11-14-27-25(18-23)26(30(31,32)33)19-28(38)35-27;/h8-9,11-14,18-20,22H,4-7,10,15-17H2,1-3H3,(H,34,39)(H,35,38);1H4/t20-,22-;/m1./s1. The van der Waals surface area contributed by atoms with Gasteiger partial charge in [0.2, 0.25) is 15.6 Å². The van der Waals surface area contributed by atoms with Gasteiger partial charge in [-0.1, -0.05) is 27.2 Å². The van der Waals surface area contributed by atoms with E-state index in [2.05, 4.69) is 15.2 Å². The van der Waals surface area contributed by atoms with Crippen LogP contribution in [-0.2, 0) is 16.2 Å². The number of benzene rings is 2. The van der Waals surface area contributed by atoms with Crippen LogP contribution in [0, 0.1) is 0 Å². The van der Waals surface area contributed by atoms with Crippen molar-refractivity contribution in [3.63, 3.8) is 0 Å². The van der Waals surface area contributed by atoms with Gasteiger partial charge in [0.25, 0.3) is 5.91 Å². The van der Waals surface area contributed by atoms with Crippen molar-refractivity contribution in [2.45, 2.75) is 83.0 Å². The quantitative estimate of drug-likeness (QED) is 0.249. The van der Waals surface area contributed by atoms with Crippen LogP contribution in [0.15, 0.2) is 58.2 Å². The highest BCUT2D eigenvalue weighted by Gasteiger charge is 2.35. The van der Waals surface area contributed by atoms with Crippen molar-refractivity contribution >= 4 is 32.5 Å². The summed E-state index contributed by atoms with van der Waals surface area (Å²) in [7, 11) is -2.09. The summed E-state index contributed by atoms with van der Waals surface area (Å²) in [5.41, 5.74) is -0.700. The van der Waals surface area contributed by atoms with Crippen LogP contribution in [0.5, 0.6) is 0 Å². The third-order valence-electron chi connectivity index (χ3n) is 7.88. The molecule has 0 aliphatic carbocycles. The molecule has 0 unspecified atom stereocenters. The van der Waals surface area contributed by atoms with Crippen molar-refractivity contribution in [2.75, 3.05) is 25.0 Å². The summed E-state index contributed by atoms with van der Waals surface area (Å²) in [5.74, 6) is -0.336. The maximum Gasteiger partial charge on any atom is 0.417 e. The molecule has 1 fully saturated rings. The number of aromatic nitrogens is 1. The van der Waals surface area contributed by atoms with Gasteiger partial charge < -0.3 is 15.2 Å². The molecule has 1 aliphatic rings. The Bertz CT molecular complexity index is 1570.